The van der Waals surface area contributed by atoms with Crippen LogP contribution in [0.2, 0.25) is 0 Å². The number of carbonyl (C=O) groups is 2. The van der Waals surface area contributed by atoms with Crippen LogP contribution >= 0.6 is 0 Å². The fourth-order valence-corrected chi connectivity index (χ4v) is 4.71. The molecule has 32 heavy (non-hydrogen) atoms. The van der Waals surface area contributed by atoms with Gasteiger partial charge in [0.15, 0.2) is 0 Å². The lowest BCUT2D eigenvalue weighted by Crippen LogP contribution is -2.48. The number of benzene rings is 1. The molecule has 1 aromatic carbocycles. The van der Waals surface area contributed by atoms with Crippen LogP contribution in [0.15, 0.2) is 42.6 Å². The highest BCUT2D eigenvalue weighted by Crippen LogP contribution is 2.28. The Kier molecular flexibility index (Phi) is 6.09. The SMILES string of the molecule is CC(C)OC(=O)c1cc2c(ccn2-c2ccc(F)cc2)n1CC(=O)N1C(C)CCCC1C. The Hall–Kier alpha value is -3.09. The van der Waals surface area contributed by atoms with Crippen molar-refractivity contribution < 1.29 is 18.7 Å². The van der Waals surface area contributed by atoms with Crippen LogP contribution in [0.4, 0.5) is 4.39 Å². The predicted octanol–water partition coefficient (Wildman–Crippen LogP) is 4.93. The number of fused-ring (bicyclic) bond motifs is 1. The third-order valence-electron chi connectivity index (χ3n) is 6.19. The van der Waals surface area contributed by atoms with Gasteiger partial charge in [-0.1, -0.05) is 0 Å². The molecule has 0 aliphatic carbocycles. The first-order chi connectivity index (χ1) is 15.3. The number of nitrogens with zero attached hydrogens (tertiary/aromatic N) is 3. The molecule has 1 aliphatic heterocycles. The van der Waals surface area contributed by atoms with E-state index in [2.05, 4.69) is 13.8 Å². The average molecular weight is 440 g/mol. The van der Waals surface area contributed by atoms with Gasteiger partial charge in [-0.05, 0) is 83.4 Å². The lowest BCUT2D eigenvalue weighted by atomic mass is 9.97. The molecule has 3 aromatic rings. The van der Waals surface area contributed by atoms with E-state index in [4.69, 9.17) is 4.74 Å². The van der Waals surface area contributed by atoms with E-state index in [9.17, 15) is 14.0 Å². The summed E-state index contributed by atoms with van der Waals surface area (Å²) >= 11 is 0. The highest BCUT2D eigenvalue weighted by atomic mass is 19.1. The number of likely N-dealkylation sites (tertiary alicyclic amines) is 1. The lowest BCUT2D eigenvalue weighted by Gasteiger charge is -2.39. The predicted molar refractivity (Wildman–Crippen MR) is 121 cm³/mol. The molecule has 6 nitrogen and oxygen atoms in total. The molecule has 3 heterocycles. The molecule has 0 bridgehead atoms. The molecule has 0 spiro atoms. The van der Waals surface area contributed by atoms with Crippen LogP contribution in [-0.4, -0.2) is 44.1 Å². The molecule has 1 fully saturated rings. The van der Waals surface area contributed by atoms with Crippen LogP contribution in [0.25, 0.3) is 16.7 Å². The normalized spacial score (nSPS) is 19.0. The van der Waals surface area contributed by atoms with E-state index < -0.39 is 5.97 Å². The van der Waals surface area contributed by atoms with Gasteiger partial charge in [0, 0.05) is 24.0 Å². The van der Waals surface area contributed by atoms with Gasteiger partial charge in [-0.3, -0.25) is 4.79 Å². The monoisotopic (exact) mass is 439 g/mol. The minimum absolute atomic E-state index is 0.00432. The number of aromatic nitrogens is 2. The Morgan fingerprint density at radius 2 is 1.72 bits per heavy atom. The summed E-state index contributed by atoms with van der Waals surface area (Å²) in [5.74, 6) is -0.781. The molecule has 1 amide bonds. The molecular weight excluding hydrogens is 409 g/mol. The molecular formula is C25H30FN3O3. The van der Waals surface area contributed by atoms with E-state index >= 15 is 0 Å². The maximum Gasteiger partial charge on any atom is 0.355 e. The molecule has 4 rings (SSSR count). The molecule has 170 valence electrons. The third kappa shape index (κ3) is 4.16. The summed E-state index contributed by atoms with van der Waals surface area (Å²) < 4.78 is 22.5. The Balaban J connectivity index is 1.76. The Morgan fingerprint density at radius 1 is 1.06 bits per heavy atom. The Bertz CT molecular complexity index is 1120. The van der Waals surface area contributed by atoms with Gasteiger partial charge in [0.1, 0.15) is 18.1 Å². The van der Waals surface area contributed by atoms with Gasteiger partial charge >= 0.3 is 5.97 Å². The van der Waals surface area contributed by atoms with Crippen molar-refractivity contribution in [3.8, 4) is 5.69 Å². The van der Waals surface area contributed by atoms with Gasteiger partial charge in [0.2, 0.25) is 5.91 Å². The average Bonchev–Trinajstić information content (AvgIpc) is 3.28. The summed E-state index contributed by atoms with van der Waals surface area (Å²) in [6, 6.07) is 10.1. The molecule has 1 aliphatic rings. The number of piperidine rings is 1. The van der Waals surface area contributed by atoms with E-state index in [0.29, 0.717) is 5.69 Å². The van der Waals surface area contributed by atoms with Crippen molar-refractivity contribution in [3.63, 3.8) is 0 Å². The van der Waals surface area contributed by atoms with Crippen molar-refractivity contribution in [1.29, 1.82) is 0 Å². The first kappa shape index (κ1) is 22.1. The highest BCUT2D eigenvalue weighted by molar-refractivity contribution is 5.96. The smallest absolute Gasteiger partial charge is 0.355 e. The zero-order valence-corrected chi connectivity index (χ0v) is 19.0. The summed E-state index contributed by atoms with van der Waals surface area (Å²) in [4.78, 5) is 28.2. The quantitative estimate of drug-likeness (QED) is 0.530. The zero-order valence-electron chi connectivity index (χ0n) is 19.0. The first-order valence-electron chi connectivity index (χ1n) is 11.2. The second-order valence-corrected chi connectivity index (χ2v) is 8.93. The zero-order chi connectivity index (χ0) is 23.0. The van der Waals surface area contributed by atoms with Crippen LogP contribution in [-0.2, 0) is 16.1 Å². The van der Waals surface area contributed by atoms with Crippen molar-refractivity contribution in [3.05, 3.63) is 54.1 Å². The topological polar surface area (TPSA) is 56.5 Å². The summed E-state index contributed by atoms with van der Waals surface area (Å²) in [5, 5.41) is 0. The van der Waals surface area contributed by atoms with Crippen LogP contribution in [0.1, 0.15) is 57.4 Å². The van der Waals surface area contributed by atoms with Crippen LogP contribution in [0.3, 0.4) is 0 Å². The number of hydrogen-bond donors (Lipinski definition) is 0. The van der Waals surface area contributed by atoms with E-state index in [-0.39, 0.29) is 36.5 Å². The summed E-state index contributed by atoms with van der Waals surface area (Å²) in [7, 11) is 0. The molecule has 0 N–H and O–H groups in total. The lowest BCUT2D eigenvalue weighted by molar-refractivity contribution is -0.137. The number of hydrogen-bond acceptors (Lipinski definition) is 3. The number of amides is 1. The minimum Gasteiger partial charge on any atom is -0.458 e. The maximum absolute atomic E-state index is 13.4. The summed E-state index contributed by atoms with van der Waals surface area (Å²) in [6.45, 7) is 7.82. The van der Waals surface area contributed by atoms with Gasteiger partial charge in [0.25, 0.3) is 0 Å². The summed E-state index contributed by atoms with van der Waals surface area (Å²) in [6.07, 6.45) is 4.68. The van der Waals surface area contributed by atoms with E-state index in [1.54, 1.807) is 36.6 Å². The van der Waals surface area contributed by atoms with Gasteiger partial charge in [-0.2, -0.15) is 0 Å². The standard InChI is InChI=1S/C25H30FN3O3/c1-16(2)32-25(31)23-14-22-21(12-13-27(22)20-10-8-19(26)9-11-20)28(23)15-24(30)29-17(3)6-5-7-18(29)4/h8-14,16-18H,5-7,15H2,1-4H3. The minimum atomic E-state index is -0.464. The number of halogens is 1. The fraction of sp³-hybridized carbons (Fsp3) is 0.440. The Labute approximate surface area is 187 Å². The van der Waals surface area contributed by atoms with Gasteiger partial charge in [-0.25, -0.2) is 9.18 Å². The number of carbonyl (C=O) groups excluding carboxylic acids is 2. The molecule has 1 saturated heterocycles. The second-order valence-electron chi connectivity index (χ2n) is 8.93. The number of rotatable bonds is 5. The van der Waals surface area contributed by atoms with Crippen molar-refractivity contribution in [1.82, 2.24) is 14.0 Å². The van der Waals surface area contributed by atoms with Gasteiger partial charge in [-0.15, -0.1) is 0 Å². The molecule has 2 unspecified atom stereocenters. The van der Waals surface area contributed by atoms with Gasteiger partial charge < -0.3 is 18.8 Å². The molecule has 0 radical (unpaired) electrons. The third-order valence-corrected chi connectivity index (χ3v) is 6.19. The van der Waals surface area contributed by atoms with E-state index in [0.717, 1.165) is 36.0 Å². The molecule has 0 saturated carbocycles. The van der Waals surface area contributed by atoms with Crippen LogP contribution < -0.4 is 0 Å². The highest BCUT2D eigenvalue weighted by Gasteiger charge is 2.30. The number of ether oxygens (including phenoxy) is 1. The Morgan fingerprint density at radius 3 is 2.34 bits per heavy atom. The largest absolute Gasteiger partial charge is 0.458 e. The fourth-order valence-electron chi connectivity index (χ4n) is 4.71. The van der Waals surface area contributed by atoms with E-state index in [1.165, 1.54) is 12.1 Å². The molecule has 7 heteroatoms. The van der Waals surface area contributed by atoms with E-state index in [1.807, 2.05) is 21.7 Å². The summed E-state index contributed by atoms with van der Waals surface area (Å²) in [5.41, 5.74) is 2.63. The van der Waals surface area contributed by atoms with Crippen LogP contribution in [0.5, 0.6) is 0 Å². The maximum atomic E-state index is 13.4. The van der Waals surface area contributed by atoms with Crippen molar-refractivity contribution >= 4 is 22.9 Å². The first-order valence-corrected chi connectivity index (χ1v) is 11.2. The van der Waals surface area contributed by atoms with Gasteiger partial charge in [0.05, 0.1) is 17.1 Å². The van der Waals surface area contributed by atoms with Crippen molar-refractivity contribution in [2.75, 3.05) is 0 Å². The van der Waals surface area contributed by atoms with Crippen LogP contribution in [0, 0.1) is 5.82 Å². The number of esters is 1. The molecule has 2 aromatic heterocycles. The second kappa shape index (κ2) is 8.81. The van der Waals surface area contributed by atoms with Crippen molar-refractivity contribution in [2.24, 2.45) is 0 Å². The van der Waals surface area contributed by atoms with Crippen molar-refractivity contribution in [2.45, 2.75) is 71.7 Å². The molecule has 2 atom stereocenters.